The van der Waals surface area contributed by atoms with Gasteiger partial charge in [-0.1, -0.05) is 11.2 Å². The Labute approximate surface area is 148 Å². The van der Waals surface area contributed by atoms with Crippen molar-refractivity contribution in [2.45, 2.75) is 13.0 Å². The molecule has 0 bridgehead atoms. The number of hydrogen-bond donors (Lipinski definition) is 1. The molecule has 0 radical (unpaired) electrons. The highest BCUT2D eigenvalue weighted by molar-refractivity contribution is 6.06. The Bertz CT molecular complexity index is 904. The maximum atomic E-state index is 12.4. The average molecular weight is 359 g/mol. The van der Waals surface area contributed by atoms with Gasteiger partial charge in [0.05, 0.1) is 26.9 Å². The second-order valence-electron chi connectivity index (χ2n) is 5.43. The summed E-state index contributed by atoms with van der Waals surface area (Å²) in [5.74, 6) is 0.216. The van der Waals surface area contributed by atoms with E-state index >= 15 is 0 Å². The minimum absolute atomic E-state index is 0.00193. The first-order valence-electron chi connectivity index (χ1n) is 7.62. The molecule has 0 amide bonds. The molecule has 2 heterocycles. The Morgan fingerprint density at radius 2 is 1.88 bits per heavy atom. The van der Waals surface area contributed by atoms with E-state index in [2.05, 4.69) is 20.8 Å². The number of ketones is 1. The van der Waals surface area contributed by atoms with Crippen molar-refractivity contribution in [2.75, 3.05) is 26.6 Å². The summed E-state index contributed by atoms with van der Waals surface area (Å²) in [6, 6.07) is 4.43. The molecule has 3 rings (SSSR count). The van der Waals surface area contributed by atoms with Gasteiger partial charge in [0.1, 0.15) is 11.7 Å². The van der Waals surface area contributed by atoms with Gasteiger partial charge in [-0.15, -0.1) is 0 Å². The van der Waals surface area contributed by atoms with Crippen LogP contribution in [-0.2, 0) is 14.3 Å². The van der Waals surface area contributed by atoms with Crippen LogP contribution in [0.25, 0.3) is 0 Å². The molecule has 1 aromatic heterocycles. The molecule has 10 nitrogen and oxygen atoms in total. The number of benzene rings is 1. The fourth-order valence-corrected chi connectivity index (χ4v) is 2.85. The maximum absolute atomic E-state index is 12.4. The molecule has 2 aromatic rings. The molecule has 0 saturated heterocycles. The fourth-order valence-electron chi connectivity index (χ4n) is 2.85. The molecule has 10 heteroatoms. The lowest BCUT2D eigenvalue weighted by molar-refractivity contribution is -0.136. The number of anilines is 1. The Kier molecular flexibility index (Phi) is 4.57. The van der Waals surface area contributed by atoms with E-state index in [0.717, 1.165) is 0 Å². The van der Waals surface area contributed by atoms with Crippen LogP contribution in [0.1, 0.15) is 18.5 Å². The standard InChI is InChI=1S/C16H17N5O5/c1-8(22)12-13(15(23)26-4)17-16-18-19-20-21(16)14(12)9-5-6-10(24-2)11(7-9)25-3/h5-7,14H,1-4H3,(H,17,18,20)/t14-/m1/s1. The minimum Gasteiger partial charge on any atom is -0.493 e. The number of methoxy groups -OCH3 is 3. The van der Waals surface area contributed by atoms with Crippen LogP contribution >= 0.6 is 0 Å². The lowest BCUT2D eigenvalue weighted by Gasteiger charge is -2.27. The summed E-state index contributed by atoms with van der Waals surface area (Å²) >= 11 is 0. The Morgan fingerprint density at radius 1 is 1.15 bits per heavy atom. The zero-order chi connectivity index (χ0) is 18.8. The van der Waals surface area contributed by atoms with Gasteiger partial charge in [0.25, 0.3) is 0 Å². The van der Waals surface area contributed by atoms with Crippen molar-refractivity contribution in [3.05, 3.63) is 35.0 Å². The number of nitrogens with one attached hydrogen (secondary N) is 1. The van der Waals surface area contributed by atoms with Gasteiger partial charge in [0, 0.05) is 0 Å². The quantitative estimate of drug-likeness (QED) is 0.770. The van der Waals surface area contributed by atoms with Gasteiger partial charge in [-0.05, 0) is 35.0 Å². The zero-order valence-electron chi connectivity index (χ0n) is 14.6. The molecule has 1 atom stereocenters. The van der Waals surface area contributed by atoms with E-state index in [1.807, 2.05) is 0 Å². The van der Waals surface area contributed by atoms with Crippen LogP contribution in [0, 0.1) is 0 Å². The third kappa shape index (κ3) is 2.75. The van der Waals surface area contributed by atoms with Crippen molar-refractivity contribution < 1.29 is 23.8 Å². The lowest BCUT2D eigenvalue weighted by Crippen LogP contribution is -2.32. The molecule has 1 aromatic carbocycles. The molecule has 0 fully saturated rings. The molecule has 26 heavy (non-hydrogen) atoms. The number of rotatable bonds is 5. The summed E-state index contributed by atoms with van der Waals surface area (Å²) < 4.78 is 16.8. The molecular formula is C16H17N5O5. The second kappa shape index (κ2) is 6.82. The Morgan fingerprint density at radius 3 is 2.50 bits per heavy atom. The summed E-state index contributed by atoms with van der Waals surface area (Å²) in [7, 11) is 4.27. The van der Waals surface area contributed by atoms with Crippen LogP contribution in [0.3, 0.4) is 0 Å². The Hall–Kier alpha value is -3.43. The number of fused-ring (bicyclic) bond motifs is 1. The maximum Gasteiger partial charge on any atom is 0.355 e. The number of nitrogens with zero attached hydrogens (tertiary/aromatic N) is 4. The van der Waals surface area contributed by atoms with Crippen molar-refractivity contribution in [3.8, 4) is 11.5 Å². The number of tetrazole rings is 1. The third-order valence-electron chi connectivity index (χ3n) is 4.01. The zero-order valence-corrected chi connectivity index (χ0v) is 14.6. The molecule has 0 unspecified atom stereocenters. The van der Waals surface area contributed by atoms with Crippen LogP contribution in [0.4, 0.5) is 5.95 Å². The predicted octanol–water partition coefficient (Wildman–Crippen LogP) is 0.721. The van der Waals surface area contributed by atoms with Crippen LogP contribution in [0.15, 0.2) is 29.5 Å². The number of esters is 1. The molecule has 1 aliphatic heterocycles. The van der Waals surface area contributed by atoms with Gasteiger partial charge in [-0.2, -0.15) is 4.68 Å². The number of carbonyl (C=O) groups is 2. The molecular weight excluding hydrogens is 342 g/mol. The van der Waals surface area contributed by atoms with E-state index in [4.69, 9.17) is 14.2 Å². The van der Waals surface area contributed by atoms with E-state index in [1.165, 1.54) is 32.9 Å². The van der Waals surface area contributed by atoms with Crippen molar-refractivity contribution in [1.29, 1.82) is 0 Å². The molecule has 1 N–H and O–H groups in total. The van der Waals surface area contributed by atoms with Crippen LogP contribution in [0.5, 0.6) is 11.5 Å². The van der Waals surface area contributed by atoms with Crippen LogP contribution in [-0.4, -0.2) is 53.3 Å². The molecule has 1 aliphatic rings. The summed E-state index contributed by atoms with van der Waals surface area (Å²) in [4.78, 5) is 24.6. The number of Topliss-reactive ketones (excluding diaryl/α,β-unsaturated/α-hetero) is 1. The van der Waals surface area contributed by atoms with E-state index < -0.39 is 12.0 Å². The van der Waals surface area contributed by atoms with E-state index in [1.54, 1.807) is 18.2 Å². The van der Waals surface area contributed by atoms with E-state index in [9.17, 15) is 9.59 Å². The van der Waals surface area contributed by atoms with E-state index in [0.29, 0.717) is 17.1 Å². The molecule has 0 spiro atoms. The van der Waals surface area contributed by atoms with Gasteiger partial charge in [-0.3, -0.25) is 4.79 Å². The predicted molar refractivity (Wildman–Crippen MR) is 88.8 cm³/mol. The SMILES string of the molecule is COC(=O)C1=C(C(C)=O)[C@@H](c2ccc(OC)c(OC)c2)n2nnnc2N1. The normalized spacial score (nSPS) is 15.8. The fraction of sp³-hybridized carbons (Fsp3) is 0.312. The summed E-state index contributed by atoms with van der Waals surface area (Å²) in [6.45, 7) is 1.36. The van der Waals surface area contributed by atoms with Crippen molar-refractivity contribution >= 4 is 17.7 Å². The largest absolute Gasteiger partial charge is 0.493 e. The summed E-state index contributed by atoms with van der Waals surface area (Å²) in [5, 5.41) is 14.2. The number of hydrogen-bond acceptors (Lipinski definition) is 9. The first-order valence-corrected chi connectivity index (χ1v) is 7.62. The summed E-state index contributed by atoms with van der Waals surface area (Å²) in [5.41, 5.74) is 0.829. The Balaban J connectivity index is 2.24. The van der Waals surface area contributed by atoms with Crippen molar-refractivity contribution in [2.24, 2.45) is 0 Å². The minimum atomic E-state index is -0.729. The van der Waals surface area contributed by atoms with Crippen molar-refractivity contribution in [1.82, 2.24) is 20.2 Å². The topological polar surface area (TPSA) is 117 Å². The highest BCUT2D eigenvalue weighted by Gasteiger charge is 2.37. The van der Waals surface area contributed by atoms with Gasteiger partial charge < -0.3 is 19.5 Å². The lowest BCUT2D eigenvalue weighted by atomic mass is 9.92. The summed E-state index contributed by atoms with van der Waals surface area (Å²) in [6.07, 6.45) is 0. The van der Waals surface area contributed by atoms with Gasteiger partial charge >= 0.3 is 5.97 Å². The average Bonchev–Trinajstić information content (AvgIpc) is 3.13. The number of ether oxygens (including phenoxy) is 3. The van der Waals surface area contributed by atoms with Gasteiger partial charge in [-0.25, -0.2) is 4.79 Å². The van der Waals surface area contributed by atoms with Gasteiger partial charge in [0.15, 0.2) is 17.3 Å². The van der Waals surface area contributed by atoms with Crippen LogP contribution < -0.4 is 14.8 Å². The monoisotopic (exact) mass is 359 g/mol. The second-order valence-corrected chi connectivity index (χ2v) is 5.43. The third-order valence-corrected chi connectivity index (χ3v) is 4.01. The number of allylic oxidation sites excluding steroid dienone is 1. The smallest absolute Gasteiger partial charge is 0.355 e. The van der Waals surface area contributed by atoms with Crippen LogP contribution in [0.2, 0.25) is 0 Å². The number of aromatic nitrogens is 4. The molecule has 0 saturated carbocycles. The van der Waals surface area contributed by atoms with Gasteiger partial charge in [0.2, 0.25) is 5.95 Å². The molecule has 0 aliphatic carbocycles. The first-order chi connectivity index (χ1) is 12.5. The van der Waals surface area contributed by atoms with Crippen molar-refractivity contribution in [3.63, 3.8) is 0 Å². The molecule has 136 valence electrons. The van der Waals surface area contributed by atoms with E-state index in [-0.39, 0.29) is 23.0 Å². The highest BCUT2D eigenvalue weighted by Crippen LogP contribution is 2.38. The highest BCUT2D eigenvalue weighted by atomic mass is 16.5. The first kappa shape index (κ1) is 17.4. The number of carbonyl (C=O) groups excluding carboxylic acids is 2.